The van der Waals surface area contributed by atoms with Gasteiger partial charge in [-0.25, -0.2) is 4.79 Å². The third-order valence-corrected chi connectivity index (χ3v) is 3.34. The van der Waals surface area contributed by atoms with Crippen LogP contribution in [0.1, 0.15) is 5.56 Å². The molecule has 0 bridgehead atoms. The number of phenolic OH excluding ortho intramolecular Hbond substituents is 1. The lowest BCUT2D eigenvalue weighted by Gasteiger charge is -2.09. The quantitative estimate of drug-likeness (QED) is 0.692. The Labute approximate surface area is 118 Å². The molecule has 0 unspecified atom stereocenters. The second-order valence-electron chi connectivity index (χ2n) is 4.32. The molecule has 0 fully saturated rings. The van der Waals surface area contributed by atoms with E-state index in [1.165, 1.54) is 0 Å². The Morgan fingerprint density at radius 3 is 2.95 bits per heavy atom. The van der Waals surface area contributed by atoms with Crippen molar-refractivity contribution in [3.8, 4) is 5.75 Å². The van der Waals surface area contributed by atoms with Crippen molar-refractivity contribution < 1.29 is 9.52 Å². The van der Waals surface area contributed by atoms with Crippen LogP contribution in [0.25, 0.3) is 11.1 Å². The fraction of sp³-hybridized carbons (Fsp3) is 0.0714. The summed E-state index contributed by atoms with van der Waals surface area (Å²) in [5.41, 5.74) is 2.52. The Morgan fingerprint density at radius 2 is 2.15 bits per heavy atom. The zero-order chi connectivity index (χ0) is 14.1. The van der Waals surface area contributed by atoms with E-state index in [9.17, 15) is 9.90 Å². The molecule has 20 heavy (non-hydrogen) atoms. The van der Waals surface area contributed by atoms with Crippen LogP contribution in [0.4, 0.5) is 5.69 Å². The van der Waals surface area contributed by atoms with Crippen molar-refractivity contribution in [3.63, 3.8) is 0 Å². The second kappa shape index (κ2) is 4.94. The van der Waals surface area contributed by atoms with Crippen molar-refractivity contribution in [2.75, 3.05) is 5.32 Å². The fourth-order valence-electron chi connectivity index (χ4n) is 1.97. The van der Waals surface area contributed by atoms with Crippen molar-refractivity contribution >= 4 is 28.4 Å². The monoisotopic (exact) mass is 290 g/mol. The van der Waals surface area contributed by atoms with Crippen LogP contribution in [0.3, 0.4) is 0 Å². The number of hydrogen-bond acceptors (Lipinski definition) is 4. The van der Waals surface area contributed by atoms with Gasteiger partial charge in [0.05, 0.1) is 5.52 Å². The molecule has 0 saturated carbocycles. The van der Waals surface area contributed by atoms with Gasteiger partial charge in [-0.2, -0.15) is 0 Å². The molecule has 0 amide bonds. The SMILES string of the molecule is O=c1[nH]c2cc(NCc3c(O)cccc3Cl)ccc2o1. The Morgan fingerprint density at radius 1 is 1.30 bits per heavy atom. The van der Waals surface area contributed by atoms with E-state index in [0.717, 1.165) is 5.69 Å². The number of oxazole rings is 1. The van der Waals surface area contributed by atoms with Gasteiger partial charge >= 0.3 is 5.76 Å². The number of nitrogens with one attached hydrogen (secondary N) is 2. The van der Waals surface area contributed by atoms with E-state index in [1.54, 1.807) is 36.4 Å². The number of anilines is 1. The lowest BCUT2D eigenvalue weighted by Crippen LogP contribution is -2.00. The summed E-state index contributed by atoms with van der Waals surface area (Å²) in [6.07, 6.45) is 0. The van der Waals surface area contributed by atoms with Gasteiger partial charge in [-0.3, -0.25) is 4.98 Å². The number of rotatable bonds is 3. The van der Waals surface area contributed by atoms with Crippen LogP contribution in [-0.4, -0.2) is 10.1 Å². The van der Waals surface area contributed by atoms with E-state index >= 15 is 0 Å². The van der Waals surface area contributed by atoms with E-state index in [4.69, 9.17) is 16.0 Å². The van der Waals surface area contributed by atoms with Crippen molar-refractivity contribution in [3.05, 3.63) is 57.5 Å². The topological polar surface area (TPSA) is 78.3 Å². The highest BCUT2D eigenvalue weighted by molar-refractivity contribution is 6.31. The fourth-order valence-corrected chi connectivity index (χ4v) is 2.21. The van der Waals surface area contributed by atoms with Crippen LogP contribution in [0.15, 0.2) is 45.6 Å². The van der Waals surface area contributed by atoms with Gasteiger partial charge < -0.3 is 14.8 Å². The highest BCUT2D eigenvalue weighted by atomic mass is 35.5. The summed E-state index contributed by atoms with van der Waals surface area (Å²) >= 11 is 6.03. The molecule has 0 spiro atoms. The first kappa shape index (κ1) is 12.6. The predicted octanol–water partition coefficient (Wildman–Crippen LogP) is 3.09. The van der Waals surface area contributed by atoms with Gasteiger partial charge in [-0.1, -0.05) is 17.7 Å². The molecular formula is C14H11ClN2O3. The maximum Gasteiger partial charge on any atom is 0.417 e. The minimum absolute atomic E-state index is 0.141. The third-order valence-electron chi connectivity index (χ3n) is 2.98. The van der Waals surface area contributed by atoms with Gasteiger partial charge in [-0.15, -0.1) is 0 Å². The summed E-state index contributed by atoms with van der Waals surface area (Å²) in [6, 6.07) is 10.2. The Hall–Kier alpha value is -2.40. The summed E-state index contributed by atoms with van der Waals surface area (Å²) in [5, 5.41) is 13.4. The van der Waals surface area contributed by atoms with Crippen LogP contribution in [-0.2, 0) is 6.54 Å². The summed E-state index contributed by atoms with van der Waals surface area (Å²) in [4.78, 5) is 13.7. The zero-order valence-electron chi connectivity index (χ0n) is 10.3. The molecule has 0 aliphatic heterocycles. The first-order valence-electron chi connectivity index (χ1n) is 5.96. The number of aromatic amines is 1. The summed E-state index contributed by atoms with van der Waals surface area (Å²) in [6.45, 7) is 0.374. The van der Waals surface area contributed by atoms with E-state index in [1.807, 2.05) is 0 Å². The number of aromatic nitrogens is 1. The van der Waals surface area contributed by atoms with Gasteiger partial charge in [0.25, 0.3) is 0 Å². The normalized spacial score (nSPS) is 10.8. The van der Waals surface area contributed by atoms with Crippen LogP contribution >= 0.6 is 11.6 Å². The lowest BCUT2D eigenvalue weighted by atomic mass is 10.2. The molecule has 1 heterocycles. The lowest BCUT2D eigenvalue weighted by molar-refractivity contribution is 0.469. The van der Waals surface area contributed by atoms with Crippen molar-refractivity contribution in [1.82, 2.24) is 4.98 Å². The molecular weight excluding hydrogens is 280 g/mol. The number of H-pyrrole nitrogens is 1. The average molecular weight is 291 g/mol. The molecule has 3 rings (SSSR count). The first-order chi connectivity index (χ1) is 9.63. The summed E-state index contributed by atoms with van der Waals surface area (Å²) in [5.74, 6) is -0.344. The standard InChI is InChI=1S/C14H11ClN2O3/c15-10-2-1-3-12(18)9(10)7-16-8-4-5-13-11(6-8)17-14(19)20-13/h1-6,16,18H,7H2,(H,17,19). The van der Waals surface area contributed by atoms with Crippen LogP contribution in [0, 0.1) is 0 Å². The van der Waals surface area contributed by atoms with Crippen molar-refractivity contribution in [2.45, 2.75) is 6.54 Å². The Kier molecular flexibility index (Phi) is 3.12. The average Bonchev–Trinajstić information content (AvgIpc) is 2.77. The molecule has 0 radical (unpaired) electrons. The molecule has 0 aliphatic rings. The van der Waals surface area contributed by atoms with E-state index < -0.39 is 5.76 Å². The maximum atomic E-state index is 11.1. The molecule has 0 saturated heterocycles. The minimum Gasteiger partial charge on any atom is -0.508 e. The zero-order valence-corrected chi connectivity index (χ0v) is 11.1. The van der Waals surface area contributed by atoms with Gasteiger partial charge in [0.2, 0.25) is 0 Å². The molecule has 0 aliphatic carbocycles. The molecule has 3 aromatic rings. The van der Waals surface area contributed by atoms with E-state index in [-0.39, 0.29) is 5.75 Å². The molecule has 6 heteroatoms. The number of aromatic hydroxyl groups is 1. The smallest absolute Gasteiger partial charge is 0.417 e. The second-order valence-corrected chi connectivity index (χ2v) is 4.72. The van der Waals surface area contributed by atoms with Gasteiger partial charge in [0, 0.05) is 22.8 Å². The maximum absolute atomic E-state index is 11.1. The number of benzene rings is 2. The summed E-state index contributed by atoms with van der Waals surface area (Å²) < 4.78 is 4.92. The number of halogens is 1. The van der Waals surface area contributed by atoms with E-state index in [0.29, 0.717) is 28.2 Å². The third kappa shape index (κ3) is 2.35. The molecule has 3 N–H and O–H groups in total. The predicted molar refractivity (Wildman–Crippen MR) is 77.3 cm³/mol. The van der Waals surface area contributed by atoms with Crippen LogP contribution in [0.5, 0.6) is 5.75 Å². The van der Waals surface area contributed by atoms with Crippen molar-refractivity contribution in [1.29, 1.82) is 0 Å². The Bertz CT molecular complexity index is 802. The number of fused-ring (bicyclic) bond motifs is 1. The van der Waals surface area contributed by atoms with Crippen LogP contribution < -0.4 is 11.1 Å². The highest BCUT2D eigenvalue weighted by Crippen LogP contribution is 2.26. The molecule has 2 aromatic carbocycles. The van der Waals surface area contributed by atoms with Crippen molar-refractivity contribution in [2.24, 2.45) is 0 Å². The highest BCUT2D eigenvalue weighted by Gasteiger charge is 2.07. The Balaban J connectivity index is 1.84. The molecule has 102 valence electrons. The minimum atomic E-state index is -0.485. The largest absolute Gasteiger partial charge is 0.508 e. The van der Waals surface area contributed by atoms with Gasteiger partial charge in [0.1, 0.15) is 5.75 Å². The first-order valence-corrected chi connectivity index (χ1v) is 6.34. The van der Waals surface area contributed by atoms with Gasteiger partial charge in [-0.05, 0) is 30.3 Å². The summed E-state index contributed by atoms with van der Waals surface area (Å²) in [7, 11) is 0. The number of phenols is 1. The van der Waals surface area contributed by atoms with Crippen LogP contribution in [0.2, 0.25) is 5.02 Å². The molecule has 5 nitrogen and oxygen atoms in total. The number of hydrogen-bond donors (Lipinski definition) is 3. The van der Waals surface area contributed by atoms with E-state index in [2.05, 4.69) is 10.3 Å². The van der Waals surface area contributed by atoms with Gasteiger partial charge in [0.15, 0.2) is 5.58 Å². The molecule has 1 aromatic heterocycles. The molecule has 0 atom stereocenters.